The number of rotatable bonds is 7. The molecule has 2 amide bonds. The lowest BCUT2D eigenvalue weighted by molar-refractivity contribution is -0.140. The minimum Gasteiger partial charge on any atom is -0.352 e. The van der Waals surface area contributed by atoms with Crippen LogP contribution in [0.4, 0.5) is 0 Å². The SMILES string of the molecule is Cc1ccc(CC(=O)N(Cc2ccc(Br)cc2)[C@H](C)C(=O)NC2CCCCC2)cc1C. The van der Waals surface area contributed by atoms with E-state index in [2.05, 4.69) is 47.2 Å². The van der Waals surface area contributed by atoms with Gasteiger partial charge in [0.05, 0.1) is 6.42 Å². The smallest absolute Gasteiger partial charge is 0.242 e. The highest BCUT2D eigenvalue weighted by Crippen LogP contribution is 2.19. The summed E-state index contributed by atoms with van der Waals surface area (Å²) in [7, 11) is 0. The molecule has 0 heterocycles. The molecule has 1 atom stereocenters. The molecular formula is C26H33BrN2O2. The van der Waals surface area contributed by atoms with Gasteiger partial charge in [-0.25, -0.2) is 0 Å². The van der Waals surface area contributed by atoms with E-state index in [0.717, 1.165) is 41.3 Å². The van der Waals surface area contributed by atoms with Crippen LogP contribution < -0.4 is 5.32 Å². The highest BCUT2D eigenvalue weighted by Gasteiger charge is 2.28. The van der Waals surface area contributed by atoms with Gasteiger partial charge in [0.2, 0.25) is 11.8 Å². The van der Waals surface area contributed by atoms with Crippen molar-refractivity contribution in [3.8, 4) is 0 Å². The highest BCUT2D eigenvalue weighted by atomic mass is 79.9. The van der Waals surface area contributed by atoms with Gasteiger partial charge in [-0.1, -0.05) is 65.5 Å². The average molecular weight is 485 g/mol. The van der Waals surface area contributed by atoms with Crippen molar-refractivity contribution in [1.29, 1.82) is 0 Å². The van der Waals surface area contributed by atoms with Crippen LogP contribution in [0.2, 0.25) is 0 Å². The van der Waals surface area contributed by atoms with Crippen molar-refractivity contribution in [3.63, 3.8) is 0 Å². The summed E-state index contributed by atoms with van der Waals surface area (Å²) < 4.78 is 0.993. The number of nitrogens with one attached hydrogen (secondary N) is 1. The molecule has 0 radical (unpaired) electrons. The summed E-state index contributed by atoms with van der Waals surface area (Å²) in [5.41, 5.74) is 4.37. The summed E-state index contributed by atoms with van der Waals surface area (Å²) >= 11 is 3.46. The lowest BCUT2D eigenvalue weighted by Gasteiger charge is -2.31. The van der Waals surface area contributed by atoms with Crippen LogP contribution in [0.1, 0.15) is 61.3 Å². The Morgan fingerprint density at radius 1 is 1.00 bits per heavy atom. The lowest BCUT2D eigenvalue weighted by atomic mass is 9.95. The average Bonchev–Trinajstić information content (AvgIpc) is 2.76. The minimum absolute atomic E-state index is 0.0301. The number of halogens is 1. The van der Waals surface area contributed by atoms with E-state index in [1.54, 1.807) is 4.90 Å². The first kappa shape index (κ1) is 23.5. The molecule has 0 unspecified atom stereocenters. The number of aryl methyl sites for hydroxylation is 2. The molecule has 0 aliphatic heterocycles. The van der Waals surface area contributed by atoms with Gasteiger partial charge in [0.25, 0.3) is 0 Å². The van der Waals surface area contributed by atoms with Gasteiger partial charge >= 0.3 is 0 Å². The van der Waals surface area contributed by atoms with Crippen molar-refractivity contribution in [2.45, 2.75) is 77.9 Å². The van der Waals surface area contributed by atoms with Crippen LogP contribution in [-0.2, 0) is 22.6 Å². The normalized spacial score (nSPS) is 15.4. The molecule has 0 saturated heterocycles. The standard InChI is InChI=1S/C26H33BrN2O2/c1-18-9-10-22(15-19(18)2)16-25(30)29(17-21-11-13-23(27)14-12-21)20(3)26(31)28-24-7-5-4-6-8-24/h9-15,20,24H,4-8,16-17H2,1-3H3,(H,28,31)/t20-/m1/s1. The Labute approximate surface area is 194 Å². The number of nitrogens with zero attached hydrogens (tertiary/aromatic N) is 1. The zero-order chi connectivity index (χ0) is 22.4. The number of carbonyl (C=O) groups is 2. The largest absolute Gasteiger partial charge is 0.352 e. The van der Waals surface area contributed by atoms with Gasteiger partial charge < -0.3 is 10.2 Å². The molecule has 2 aromatic carbocycles. The maximum Gasteiger partial charge on any atom is 0.242 e. The van der Waals surface area contributed by atoms with Crippen molar-refractivity contribution < 1.29 is 9.59 Å². The fraction of sp³-hybridized carbons (Fsp3) is 0.462. The molecule has 2 aromatic rings. The Kier molecular flexibility index (Phi) is 8.30. The fourth-order valence-electron chi connectivity index (χ4n) is 4.13. The second-order valence-electron chi connectivity index (χ2n) is 8.76. The molecule has 5 heteroatoms. The van der Waals surface area contributed by atoms with E-state index in [9.17, 15) is 9.59 Å². The third kappa shape index (κ3) is 6.67. The zero-order valence-electron chi connectivity index (χ0n) is 18.8. The molecule has 166 valence electrons. The first-order valence-electron chi connectivity index (χ1n) is 11.2. The second kappa shape index (κ2) is 10.9. The van der Waals surface area contributed by atoms with Crippen LogP contribution in [0.3, 0.4) is 0 Å². The summed E-state index contributed by atoms with van der Waals surface area (Å²) in [6, 6.07) is 13.7. The molecule has 31 heavy (non-hydrogen) atoms. The molecule has 3 rings (SSSR count). The van der Waals surface area contributed by atoms with Gasteiger partial charge in [0.1, 0.15) is 6.04 Å². The fourth-order valence-corrected chi connectivity index (χ4v) is 4.39. The van der Waals surface area contributed by atoms with Crippen molar-refractivity contribution in [2.75, 3.05) is 0 Å². The molecule has 4 nitrogen and oxygen atoms in total. The Morgan fingerprint density at radius 2 is 1.65 bits per heavy atom. The number of benzene rings is 2. The van der Waals surface area contributed by atoms with Crippen LogP contribution in [0.15, 0.2) is 46.9 Å². The zero-order valence-corrected chi connectivity index (χ0v) is 20.4. The van der Waals surface area contributed by atoms with E-state index in [-0.39, 0.29) is 17.9 Å². The van der Waals surface area contributed by atoms with Gasteiger partial charge in [-0.15, -0.1) is 0 Å². The van der Waals surface area contributed by atoms with Crippen LogP contribution in [0, 0.1) is 13.8 Å². The maximum atomic E-state index is 13.4. The number of hydrogen-bond donors (Lipinski definition) is 1. The van der Waals surface area contributed by atoms with Gasteiger partial charge in [0, 0.05) is 17.1 Å². The van der Waals surface area contributed by atoms with Crippen LogP contribution >= 0.6 is 15.9 Å². The van der Waals surface area contributed by atoms with Crippen molar-refractivity contribution >= 4 is 27.7 Å². The van der Waals surface area contributed by atoms with E-state index < -0.39 is 6.04 Å². The summed E-state index contributed by atoms with van der Waals surface area (Å²) in [6.07, 6.45) is 5.91. The first-order chi connectivity index (χ1) is 14.8. The topological polar surface area (TPSA) is 49.4 Å². The van der Waals surface area contributed by atoms with Crippen molar-refractivity contribution in [3.05, 3.63) is 69.2 Å². The minimum atomic E-state index is -0.524. The van der Waals surface area contributed by atoms with Gasteiger partial charge in [-0.05, 0) is 68.0 Å². The van der Waals surface area contributed by atoms with Crippen molar-refractivity contribution in [2.24, 2.45) is 0 Å². The number of carbonyl (C=O) groups excluding carboxylic acids is 2. The molecule has 1 N–H and O–H groups in total. The summed E-state index contributed by atoms with van der Waals surface area (Å²) in [4.78, 5) is 28.1. The molecule has 1 fully saturated rings. The Balaban J connectivity index is 1.76. The Bertz CT molecular complexity index is 904. The molecule has 1 aliphatic carbocycles. The third-order valence-corrected chi connectivity index (χ3v) is 6.84. The predicted molar refractivity (Wildman–Crippen MR) is 129 cm³/mol. The molecule has 1 aliphatic rings. The first-order valence-corrected chi connectivity index (χ1v) is 12.0. The van der Waals surface area contributed by atoms with Crippen molar-refractivity contribution in [1.82, 2.24) is 10.2 Å². The number of amides is 2. The van der Waals surface area contributed by atoms with E-state index in [4.69, 9.17) is 0 Å². The van der Waals surface area contributed by atoms with E-state index in [1.807, 2.05) is 37.3 Å². The Hall–Kier alpha value is -2.14. The number of hydrogen-bond acceptors (Lipinski definition) is 2. The molecule has 0 aromatic heterocycles. The summed E-state index contributed by atoms with van der Waals surface area (Å²) in [5, 5.41) is 3.19. The monoisotopic (exact) mass is 484 g/mol. The molecule has 0 bridgehead atoms. The van der Waals surface area contributed by atoms with Gasteiger partial charge in [0.15, 0.2) is 0 Å². The summed E-state index contributed by atoms with van der Waals surface area (Å²) in [5.74, 6) is -0.0880. The van der Waals surface area contributed by atoms with Crippen LogP contribution in [0.5, 0.6) is 0 Å². The molecule has 0 spiro atoms. The van der Waals surface area contributed by atoms with E-state index in [1.165, 1.54) is 17.5 Å². The molecule has 1 saturated carbocycles. The predicted octanol–water partition coefficient (Wildman–Crippen LogP) is 5.47. The second-order valence-corrected chi connectivity index (χ2v) is 9.68. The maximum absolute atomic E-state index is 13.4. The summed E-state index contributed by atoms with van der Waals surface area (Å²) in [6.45, 7) is 6.38. The van der Waals surface area contributed by atoms with E-state index in [0.29, 0.717) is 13.0 Å². The lowest BCUT2D eigenvalue weighted by Crippen LogP contribution is -2.50. The van der Waals surface area contributed by atoms with Crippen LogP contribution in [0.25, 0.3) is 0 Å². The molecular weight excluding hydrogens is 452 g/mol. The quantitative estimate of drug-likeness (QED) is 0.565. The third-order valence-electron chi connectivity index (χ3n) is 6.31. The van der Waals surface area contributed by atoms with Crippen LogP contribution in [-0.4, -0.2) is 28.8 Å². The Morgan fingerprint density at radius 3 is 2.29 bits per heavy atom. The van der Waals surface area contributed by atoms with Gasteiger partial charge in [-0.2, -0.15) is 0 Å². The highest BCUT2D eigenvalue weighted by molar-refractivity contribution is 9.10. The van der Waals surface area contributed by atoms with E-state index >= 15 is 0 Å². The van der Waals surface area contributed by atoms with Gasteiger partial charge in [-0.3, -0.25) is 9.59 Å².